The average Bonchev–Trinajstić information content (AvgIpc) is 2.77. The van der Waals surface area contributed by atoms with Gasteiger partial charge in [0, 0.05) is 19.0 Å². The van der Waals surface area contributed by atoms with Crippen molar-refractivity contribution in [2.75, 3.05) is 18.6 Å². The fourth-order valence-corrected chi connectivity index (χ4v) is 4.96. The van der Waals surface area contributed by atoms with Crippen LogP contribution in [0.3, 0.4) is 0 Å². The topological polar surface area (TPSA) is 91.8 Å². The molecule has 1 N–H and O–H groups in total. The molecule has 2 rings (SSSR count). The summed E-state index contributed by atoms with van der Waals surface area (Å²) in [7, 11) is -1.38. The van der Waals surface area contributed by atoms with Crippen LogP contribution in [0.25, 0.3) is 0 Å². The Balaban J connectivity index is 1.98. The van der Waals surface area contributed by atoms with Crippen LogP contribution in [0.5, 0.6) is 0 Å². The van der Waals surface area contributed by atoms with Gasteiger partial charge in [0.2, 0.25) is 5.91 Å². The first-order valence-corrected chi connectivity index (χ1v) is 8.82. The number of carbonyl (C=O) groups is 2. The van der Waals surface area contributed by atoms with Gasteiger partial charge in [0.05, 0.1) is 17.4 Å². The highest BCUT2D eigenvalue weighted by Crippen LogP contribution is 2.31. The SMILES string of the molecule is CN(C(=O)[C@@H]1CCC[C@@H](C(=O)O)C1)[C@H]1CCS(=O)(=O)C1. The van der Waals surface area contributed by atoms with E-state index < -0.39 is 21.7 Å². The quantitative estimate of drug-likeness (QED) is 0.821. The van der Waals surface area contributed by atoms with E-state index in [1.165, 1.54) is 4.90 Å². The Morgan fingerprint density at radius 3 is 2.35 bits per heavy atom. The number of hydrogen-bond acceptors (Lipinski definition) is 4. The highest BCUT2D eigenvalue weighted by Gasteiger charge is 2.37. The fourth-order valence-electron chi connectivity index (χ4n) is 3.19. The Morgan fingerprint density at radius 1 is 1.15 bits per heavy atom. The molecule has 1 amide bonds. The molecule has 1 aliphatic carbocycles. The lowest BCUT2D eigenvalue weighted by molar-refractivity contribution is -0.145. The Bertz CT molecular complexity index is 501. The summed E-state index contributed by atoms with van der Waals surface area (Å²) in [4.78, 5) is 25.0. The molecule has 0 unspecified atom stereocenters. The summed E-state index contributed by atoms with van der Waals surface area (Å²) >= 11 is 0. The molecule has 0 radical (unpaired) electrons. The van der Waals surface area contributed by atoms with Crippen molar-refractivity contribution in [2.24, 2.45) is 11.8 Å². The lowest BCUT2D eigenvalue weighted by Gasteiger charge is -2.32. The molecule has 0 bridgehead atoms. The van der Waals surface area contributed by atoms with E-state index in [4.69, 9.17) is 5.11 Å². The first kappa shape index (κ1) is 15.3. The lowest BCUT2D eigenvalue weighted by atomic mass is 9.80. The monoisotopic (exact) mass is 303 g/mol. The van der Waals surface area contributed by atoms with Crippen molar-refractivity contribution in [3.05, 3.63) is 0 Å². The number of hydrogen-bond donors (Lipinski definition) is 1. The zero-order valence-corrected chi connectivity index (χ0v) is 12.4. The van der Waals surface area contributed by atoms with Crippen molar-refractivity contribution < 1.29 is 23.1 Å². The van der Waals surface area contributed by atoms with Crippen LogP contribution in [0.15, 0.2) is 0 Å². The minimum atomic E-state index is -3.02. The molecule has 0 aromatic carbocycles. The number of carboxylic acids is 1. The Labute approximate surface area is 119 Å². The summed E-state index contributed by atoms with van der Waals surface area (Å²) in [6, 6.07) is -0.252. The third kappa shape index (κ3) is 3.31. The van der Waals surface area contributed by atoms with Crippen molar-refractivity contribution in [3.8, 4) is 0 Å². The number of carbonyl (C=O) groups excluding carboxylic acids is 1. The van der Waals surface area contributed by atoms with Crippen molar-refractivity contribution in [1.82, 2.24) is 4.90 Å². The van der Waals surface area contributed by atoms with Gasteiger partial charge < -0.3 is 10.0 Å². The molecule has 3 atom stereocenters. The van der Waals surface area contributed by atoms with Gasteiger partial charge in [0.15, 0.2) is 9.84 Å². The van der Waals surface area contributed by atoms with Crippen LogP contribution in [0.2, 0.25) is 0 Å². The van der Waals surface area contributed by atoms with Gasteiger partial charge in [-0.1, -0.05) is 6.42 Å². The van der Waals surface area contributed by atoms with Crippen LogP contribution in [0, 0.1) is 11.8 Å². The van der Waals surface area contributed by atoms with E-state index >= 15 is 0 Å². The van der Waals surface area contributed by atoms with Crippen molar-refractivity contribution in [1.29, 1.82) is 0 Å². The first-order chi connectivity index (χ1) is 9.30. The van der Waals surface area contributed by atoms with Gasteiger partial charge >= 0.3 is 5.97 Å². The molecular weight excluding hydrogens is 282 g/mol. The number of carboxylic acid groups (broad SMARTS) is 1. The minimum Gasteiger partial charge on any atom is -0.481 e. The molecule has 0 aromatic heterocycles. The van der Waals surface area contributed by atoms with Crippen LogP contribution < -0.4 is 0 Å². The summed E-state index contributed by atoms with van der Waals surface area (Å²) in [5.41, 5.74) is 0. The van der Waals surface area contributed by atoms with Crippen LogP contribution >= 0.6 is 0 Å². The van der Waals surface area contributed by atoms with E-state index in [2.05, 4.69) is 0 Å². The molecular formula is C13H21NO5S. The lowest BCUT2D eigenvalue weighted by Crippen LogP contribution is -2.43. The molecule has 2 fully saturated rings. The summed E-state index contributed by atoms with van der Waals surface area (Å²) in [5, 5.41) is 9.05. The largest absolute Gasteiger partial charge is 0.481 e. The third-order valence-electron chi connectivity index (χ3n) is 4.48. The van der Waals surface area contributed by atoms with Gasteiger partial charge in [-0.25, -0.2) is 8.42 Å². The molecule has 6 nitrogen and oxygen atoms in total. The zero-order valence-electron chi connectivity index (χ0n) is 11.6. The summed E-state index contributed by atoms with van der Waals surface area (Å²) in [6.45, 7) is 0. The van der Waals surface area contributed by atoms with Crippen molar-refractivity contribution >= 4 is 21.7 Å². The molecule has 2 aliphatic rings. The van der Waals surface area contributed by atoms with Gasteiger partial charge in [0.25, 0.3) is 0 Å². The highest BCUT2D eigenvalue weighted by atomic mass is 32.2. The first-order valence-electron chi connectivity index (χ1n) is 7.00. The molecule has 1 saturated heterocycles. The smallest absolute Gasteiger partial charge is 0.306 e. The predicted molar refractivity (Wildman–Crippen MR) is 72.9 cm³/mol. The number of amides is 1. The van der Waals surface area contributed by atoms with Crippen molar-refractivity contribution in [2.45, 2.75) is 38.1 Å². The van der Waals surface area contributed by atoms with E-state index in [9.17, 15) is 18.0 Å². The Kier molecular flexibility index (Phi) is 4.36. The van der Waals surface area contributed by atoms with Gasteiger partial charge in [0.1, 0.15) is 0 Å². The molecule has 20 heavy (non-hydrogen) atoms. The second-order valence-electron chi connectivity index (χ2n) is 5.90. The minimum absolute atomic E-state index is 0.0321. The van der Waals surface area contributed by atoms with Crippen LogP contribution in [0.4, 0.5) is 0 Å². The average molecular weight is 303 g/mol. The molecule has 1 saturated carbocycles. The van der Waals surface area contributed by atoms with Gasteiger partial charge in [-0.05, 0) is 25.7 Å². The third-order valence-corrected chi connectivity index (χ3v) is 6.23. The van der Waals surface area contributed by atoms with Crippen molar-refractivity contribution in [3.63, 3.8) is 0 Å². The van der Waals surface area contributed by atoms with E-state index in [0.29, 0.717) is 25.7 Å². The molecule has 0 spiro atoms. The zero-order chi connectivity index (χ0) is 14.9. The maximum atomic E-state index is 12.4. The van der Waals surface area contributed by atoms with E-state index in [1.54, 1.807) is 7.05 Å². The number of rotatable bonds is 3. The molecule has 114 valence electrons. The van der Waals surface area contributed by atoms with Gasteiger partial charge in [-0.3, -0.25) is 9.59 Å². The predicted octanol–water partition coefficient (Wildman–Crippen LogP) is 0.523. The van der Waals surface area contributed by atoms with E-state index in [0.717, 1.165) is 6.42 Å². The molecule has 0 aromatic rings. The highest BCUT2D eigenvalue weighted by molar-refractivity contribution is 7.91. The van der Waals surface area contributed by atoms with E-state index in [-0.39, 0.29) is 29.4 Å². The number of nitrogens with zero attached hydrogens (tertiary/aromatic N) is 1. The van der Waals surface area contributed by atoms with E-state index in [1.807, 2.05) is 0 Å². The Morgan fingerprint density at radius 2 is 1.80 bits per heavy atom. The molecule has 1 aliphatic heterocycles. The second kappa shape index (κ2) is 5.71. The summed E-state index contributed by atoms with van der Waals surface area (Å²) < 4.78 is 22.9. The second-order valence-corrected chi connectivity index (χ2v) is 8.13. The summed E-state index contributed by atoms with van der Waals surface area (Å²) in [6.07, 6.45) is 2.93. The van der Waals surface area contributed by atoms with Crippen LogP contribution in [-0.2, 0) is 19.4 Å². The number of aliphatic carboxylic acids is 1. The van der Waals surface area contributed by atoms with Gasteiger partial charge in [-0.15, -0.1) is 0 Å². The Hall–Kier alpha value is -1.11. The van der Waals surface area contributed by atoms with Crippen LogP contribution in [0.1, 0.15) is 32.1 Å². The number of sulfone groups is 1. The maximum absolute atomic E-state index is 12.4. The molecule has 7 heteroatoms. The van der Waals surface area contributed by atoms with Crippen LogP contribution in [-0.4, -0.2) is 54.9 Å². The molecule has 1 heterocycles. The maximum Gasteiger partial charge on any atom is 0.306 e. The fraction of sp³-hybridized carbons (Fsp3) is 0.846. The summed E-state index contributed by atoms with van der Waals surface area (Å²) in [5.74, 6) is -1.50. The normalized spacial score (nSPS) is 32.8. The van der Waals surface area contributed by atoms with Gasteiger partial charge in [-0.2, -0.15) is 0 Å². The standard InChI is InChI=1S/C13H21NO5S/c1-14(11-5-6-20(18,19)8-11)12(15)9-3-2-4-10(7-9)13(16)17/h9-11H,2-8H2,1H3,(H,16,17)/t9-,10-,11+/m1/s1.